The highest BCUT2D eigenvalue weighted by Gasteiger charge is 2.38. The Morgan fingerprint density at radius 3 is 2.62 bits per heavy atom. The van der Waals surface area contributed by atoms with E-state index < -0.39 is 19.1 Å². The smallest absolute Gasteiger partial charge is 0.226 e. The third-order valence-corrected chi connectivity index (χ3v) is 3.45. The van der Waals surface area contributed by atoms with Gasteiger partial charge >= 0.3 is 0 Å². The molecule has 1 N–H and O–H groups in total. The maximum Gasteiger partial charge on any atom is 0.226 e. The molecule has 7 heteroatoms. The predicted octanol–water partition coefficient (Wildman–Crippen LogP) is 1.56. The van der Waals surface area contributed by atoms with Crippen molar-refractivity contribution < 1.29 is 28.1 Å². The van der Waals surface area contributed by atoms with E-state index in [0.717, 1.165) is 5.56 Å². The second-order valence-electron chi connectivity index (χ2n) is 5.02. The molecule has 1 fully saturated rings. The standard InChI is InChI=1S/C14H19F2NO4/c1-10-12(4-18)17-3-2-13(10)19-5-11-6-20-14(8-15,9-16)21-7-11/h2-3,11,18H,4-9H2,1H3. The second kappa shape index (κ2) is 7.11. The average molecular weight is 303 g/mol. The number of rotatable bonds is 6. The van der Waals surface area contributed by atoms with E-state index in [4.69, 9.17) is 19.3 Å². The number of aromatic nitrogens is 1. The molecule has 1 aromatic rings. The van der Waals surface area contributed by atoms with Crippen molar-refractivity contribution in [3.8, 4) is 5.75 Å². The molecule has 118 valence electrons. The minimum atomic E-state index is -1.74. The van der Waals surface area contributed by atoms with Gasteiger partial charge in [0.25, 0.3) is 0 Å². The lowest BCUT2D eigenvalue weighted by Gasteiger charge is -2.36. The molecular formula is C14H19F2NO4. The zero-order valence-corrected chi connectivity index (χ0v) is 11.8. The van der Waals surface area contributed by atoms with E-state index >= 15 is 0 Å². The normalized spacial score (nSPS) is 18.7. The molecule has 0 unspecified atom stereocenters. The van der Waals surface area contributed by atoms with Crippen LogP contribution in [0.4, 0.5) is 8.78 Å². The summed E-state index contributed by atoms with van der Waals surface area (Å²) in [4.78, 5) is 4.03. The Morgan fingerprint density at radius 2 is 2.05 bits per heavy atom. The lowest BCUT2D eigenvalue weighted by molar-refractivity contribution is -0.295. The molecule has 0 amide bonds. The van der Waals surface area contributed by atoms with Crippen LogP contribution < -0.4 is 4.74 Å². The highest BCUT2D eigenvalue weighted by atomic mass is 19.1. The van der Waals surface area contributed by atoms with Crippen molar-refractivity contribution in [3.05, 3.63) is 23.5 Å². The molecule has 2 rings (SSSR count). The zero-order valence-electron chi connectivity index (χ0n) is 11.8. The number of alkyl halides is 2. The highest BCUT2D eigenvalue weighted by Crippen LogP contribution is 2.25. The van der Waals surface area contributed by atoms with E-state index in [-0.39, 0.29) is 25.7 Å². The van der Waals surface area contributed by atoms with Crippen LogP contribution in [0.5, 0.6) is 5.75 Å². The Kier molecular flexibility index (Phi) is 5.44. The fourth-order valence-electron chi connectivity index (χ4n) is 2.00. The monoisotopic (exact) mass is 303 g/mol. The van der Waals surface area contributed by atoms with Crippen LogP contribution in [0, 0.1) is 12.8 Å². The molecule has 0 saturated carbocycles. The van der Waals surface area contributed by atoms with Gasteiger partial charge in [-0.2, -0.15) is 0 Å². The number of hydrogen-bond donors (Lipinski definition) is 1. The fraction of sp³-hybridized carbons (Fsp3) is 0.643. The van der Waals surface area contributed by atoms with Gasteiger partial charge in [-0.1, -0.05) is 0 Å². The molecule has 2 heterocycles. The fourth-order valence-corrected chi connectivity index (χ4v) is 2.00. The predicted molar refractivity (Wildman–Crippen MR) is 70.5 cm³/mol. The molecule has 21 heavy (non-hydrogen) atoms. The van der Waals surface area contributed by atoms with E-state index in [0.29, 0.717) is 18.1 Å². The highest BCUT2D eigenvalue weighted by molar-refractivity contribution is 5.34. The Labute approximate surface area is 121 Å². The van der Waals surface area contributed by atoms with Gasteiger partial charge in [0.05, 0.1) is 32.1 Å². The maximum absolute atomic E-state index is 12.7. The Bertz CT molecular complexity index is 458. The van der Waals surface area contributed by atoms with Gasteiger partial charge in [0.1, 0.15) is 19.1 Å². The number of pyridine rings is 1. The van der Waals surface area contributed by atoms with Crippen molar-refractivity contribution in [2.24, 2.45) is 5.92 Å². The van der Waals surface area contributed by atoms with Gasteiger partial charge in [0.2, 0.25) is 5.79 Å². The van der Waals surface area contributed by atoms with Crippen LogP contribution in [0.15, 0.2) is 12.3 Å². The molecule has 1 aliphatic heterocycles. The van der Waals surface area contributed by atoms with Crippen LogP contribution in [-0.4, -0.2) is 49.0 Å². The maximum atomic E-state index is 12.7. The average Bonchev–Trinajstić information content (AvgIpc) is 2.54. The summed E-state index contributed by atoms with van der Waals surface area (Å²) in [6.07, 6.45) is 1.55. The molecular weight excluding hydrogens is 284 g/mol. The van der Waals surface area contributed by atoms with Crippen LogP contribution in [0.25, 0.3) is 0 Å². The van der Waals surface area contributed by atoms with Crippen molar-refractivity contribution in [1.82, 2.24) is 4.98 Å². The van der Waals surface area contributed by atoms with Crippen LogP contribution >= 0.6 is 0 Å². The minimum absolute atomic E-state index is 0.110. The van der Waals surface area contributed by atoms with Crippen LogP contribution in [0.2, 0.25) is 0 Å². The first kappa shape index (κ1) is 16.1. The Morgan fingerprint density at radius 1 is 1.38 bits per heavy atom. The van der Waals surface area contributed by atoms with Crippen LogP contribution in [-0.2, 0) is 16.1 Å². The van der Waals surface area contributed by atoms with Crippen molar-refractivity contribution in [3.63, 3.8) is 0 Å². The zero-order chi connectivity index (χ0) is 15.3. The molecule has 0 aromatic carbocycles. The van der Waals surface area contributed by atoms with Gasteiger partial charge in [0.15, 0.2) is 0 Å². The number of aliphatic hydroxyl groups excluding tert-OH is 1. The van der Waals surface area contributed by atoms with Crippen molar-refractivity contribution in [2.75, 3.05) is 33.2 Å². The number of aliphatic hydroxyl groups is 1. The van der Waals surface area contributed by atoms with Gasteiger partial charge < -0.3 is 19.3 Å². The molecule has 0 radical (unpaired) electrons. The summed E-state index contributed by atoms with van der Waals surface area (Å²) in [5.74, 6) is -1.24. The summed E-state index contributed by atoms with van der Waals surface area (Å²) in [5.41, 5.74) is 1.32. The lowest BCUT2D eigenvalue weighted by Crippen LogP contribution is -2.48. The first-order valence-corrected chi connectivity index (χ1v) is 6.72. The van der Waals surface area contributed by atoms with Crippen molar-refractivity contribution in [1.29, 1.82) is 0 Å². The summed E-state index contributed by atoms with van der Waals surface area (Å²) in [5, 5.41) is 9.14. The number of halogens is 2. The van der Waals surface area contributed by atoms with E-state index in [1.165, 1.54) is 0 Å². The molecule has 0 bridgehead atoms. The van der Waals surface area contributed by atoms with Gasteiger partial charge in [-0.15, -0.1) is 0 Å². The van der Waals surface area contributed by atoms with Crippen molar-refractivity contribution >= 4 is 0 Å². The van der Waals surface area contributed by atoms with Gasteiger partial charge in [-0.05, 0) is 13.0 Å². The third-order valence-electron chi connectivity index (χ3n) is 3.45. The van der Waals surface area contributed by atoms with Gasteiger partial charge in [0, 0.05) is 17.7 Å². The summed E-state index contributed by atoms with van der Waals surface area (Å²) in [6, 6.07) is 1.70. The largest absolute Gasteiger partial charge is 0.493 e. The topological polar surface area (TPSA) is 60.8 Å². The van der Waals surface area contributed by atoms with Crippen molar-refractivity contribution in [2.45, 2.75) is 19.3 Å². The molecule has 5 nitrogen and oxygen atoms in total. The summed E-state index contributed by atoms with van der Waals surface area (Å²) in [6.45, 7) is 0.258. The first-order chi connectivity index (χ1) is 10.1. The van der Waals surface area contributed by atoms with Crippen LogP contribution in [0.3, 0.4) is 0 Å². The minimum Gasteiger partial charge on any atom is -0.493 e. The molecule has 0 spiro atoms. The van der Waals surface area contributed by atoms with E-state index in [2.05, 4.69) is 4.98 Å². The molecule has 1 aromatic heterocycles. The molecule has 0 atom stereocenters. The van der Waals surface area contributed by atoms with E-state index in [1.54, 1.807) is 19.2 Å². The van der Waals surface area contributed by atoms with Gasteiger partial charge in [-0.3, -0.25) is 4.98 Å². The molecule has 1 aliphatic rings. The second-order valence-corrected chi connectivity index (χ2v) is 5.02. The first-order valence-electron chi connectivity index (χ1n) is 6.72. The molecule has 0 aliphatic carbocycles. The van der Waals surface area contributed by atoms with E-state index in [9.17, 15) is 8.78 Å². The third kappa shape index (κ3) is 3.66. The number of hydrogen-bond acceptors (Lipinski definition) is 5. The quantitative estimate of drug-likeness (QED) is 0.864. The summed E-state index contributed by atoms with van der Waals surface area (Å²) >= 11 is 0. The summed E-state index contributed by atoms with van der Waals surface area (Å²) in [7, 11) is 0. The number of ether oxygens (including phenoxy) is 3. The molecule has 1 saturated heterocycles. The lowest BCUT2D eigenvalue weighted by atomic mass is 10.1. The van der Waals surface area contributed by atoms with Gasteiger partial charge in [-0.25, -0.2) is 8.78 Å². The Hall–Kier alpha value is -1.31. The number of nitrogens with zero attached hydrogens (tertiary/aromatic N) is 1. The SMILES string of the molecule is Cc1c(OCC2COC(CF)(CF)OC2)ccnc1CO. The summed E-state index contributed by atoms with van der Waals surface area (Å²) < 4.78 is 41.3. The van der Waals surface area contributed by atoms with Crippen LogP contribution in [0.1, 0.15) is 11.3 Å². The van der Waals surface area contributed by atoms with E-state index in [1.807, 2.05) is 0 Å². The Balaban J connectivity index is 1.88.